The van der Waals surface area contributed by atoms with Gasteiger partial charge in [0.25, 0.3) is 0 Å². The van der Waals surface area contributed by atoms with Crippen LogP contribution in [0.3, 0.4) is 0 Å². The second-order valence-corrected chi connectivity index (χ2v) is 5.94. The molecule has 0 saturated carbocycles. The molecule has 0 spiro atoms. The fraction of sp³-hybridized carbons (Fsp3) is 0.917. The lowest BCUT2D eigenvalue weighted by Gasteiger charge is -2.27. The number of hydrogen-bond acceptors (Lipinski definition) is 2. The van der Waals surface area contributed by atoms with Gasteiger partial charge in [-0.2, -0.15) is 0 Å². The van der Waals surface area contributed by atoms with Gasteiger partial charge in [-0.25, -0.2) is 0 Å². The summed E-state index contributed by atoms with van der Waals surface area (Å²) in [6.07, 6.45) is 0.512. The number of carbonyl (C=O) groups excluding carboxylic acids is 1. The van der Waals surface area contributed by atoms with Crippen LogP contribution in [0, 0.1) is 11.3 Å². The standard InChI is InChI=1S/C12H23FO2/c1-9(7-12(5,6)8-13)10(14)15-11(2,3)4/h9H,7-8H2,1-6H3. The van der Waals surface area contributed by atoms with E-state index >= 15 is 0 Å². The maximum absolute atomic E-state index is 12.6. The maximum atomic E-state index is 12.6. The van der Waals surface area contributed by atoms with Crippen molar-refractivity contribution in [1.82, 2.24) is 0 Å². The van der Waals surface area contributed by atoms with Crippen LogP contribution in [0.2, 0.25) is 0 Å². The van der Waals surface area contributed by atoms with E-state index in [2.05, 4.69) is 0 Å². The molecule has 90 valence electrons. The Morgan fingerprint density at radius 1 is 1.27 bits per heavy atom. The molecule has 0 N–H and O–H groups in total. The van der Waals surface area contributed by atoms with Crippen molar-refractivity contribution >= 4 is 5.97 Å². The third-order valence-electron chi connectivity index (χ3n) is 2.03. The van der Waals surface area contributed by atoms with Crippen LogP contribution in [-0.2, 0) is 9.53 Å². The van der Waals surface area contributed by atoms with Crippen molar-refractivity contribution < 1.29 is 13.9 Å². The first-order valence-corrected chi connectivity index (χ1v) is 5.36. The summed E-state index contributed by atoms with van der Waals surface area (Å²) in [5, 5.41) is 0. The molecule has 0 rings (SSSR count). The van der Waals surface area contributed by atoms with E-state index in [1.54, 1.807) is 6.92 Å². The molecule has 0 aliphatic carbocycles. The molecule has 0 aliphatic rings. The summed E-state index contributed by atoms with van der Waals surface area (Å²) < 4.78 is 17.8. The summed E-state index contributed by atoms with van der Waals surface area (Å²) in [7, 11) is 0. The van der Waals surface area contributed by atoms with Crippen molar-refractivity contribution in [3.05, 3.63) is 0 Å². The molecule has 0 aromatic rings. The molecule has 2 nitrogen and oxygen atoms in total. The highest BCUT2D eigenvalue weighted by Crippen LogP contribution is 2.27. The minimum absolute atomic E-state index is 0.246. The van der Waals surface area contributed by atoms with E-state index in [-0.39, 0.29) is 11.9 Å². The van der Waals surface area contributed by atoms with Gasteiger partial charge in [0.15, 0.2) is 0 Å². The van der Waals surface area contributed by atoms with Gasteiger partial charge in [0.2, 0.25) is 0 Å². The van der Waals surface area contributed by atoms with Crippen LogP contribution < -0.4 is 0 Å². The lowest BCUT2D eigenvalue weighted by atomic mass is 9.84. The van der Waals surface area contributed by atoms with Gasteiger partial charge in [-0.1, -0.05) is 20.8 Å². The minimum Gasteiger partial charge on any atom is -0.460 e. The Morgan fingerprint density at radius 3 is 2.07 bits per heavy atom. The van der Waals surface area contributed by atoms with E-state index in [1.165, 1.54) is 0 Å². The third kappa shape index (κ3) is 6.47. The SMILES string of the molecule is CC(CC(C)(C)CF)C(=O)OC(C)(C)C. The minimum atomic E-state index is -0.467. The molecule has 1 unspecified atom stereocenters. The molecule has 0 radical (unpaired) electrons. The van der Waals surface area contributed by atoms with Crippen molar-refractivity contribution in [2.45, 2.75) is 53.6 Å². The van der Waals surface area contributed by atoms with Crippen molar-refractivity contribution in [1.29, 1.82) is 0 Å². The fourth-order valence-electron chi connectivity index (χ4n) is 1.37. The largest absolute Gasteiger partial charge is 0.460 e. The quantitative estimate of drug-likeness (QED) is 0.676. The van der Waals surface area contributed by atoms with Gasteiger partial charge in [-0.3, -0.25) is 9.18 Å². The van der Waals surface area contributed by atoms with Gasteiger partial charge in [0, 0.05) is 0 Å². The van der Waals surface area contributed by atoms with E-state index < -0.39 is 17.7 Å². The predicted molar refractivity (Wildman–Crippen MR) is 59.4 cm³/mol. The number of halogens is 1. The third-order valence-corrected chi connectivity index (χ3v) is 2.03. The highest BCUT2D eigenvalue weighted by atomic mass is 19.1. The molecule has 0 amide bonds. The molecule has 0 aromatic heterocycles. The lowest BCUT2D eigenvalue weighted by Crippen LogP contribution is -2.30. The molecule has 1 atom stereocenters. The zero-order valence-corrected chi connectivity index (χ0v) is 10.7. The fourth-order valence-corrected chi connectivity index (χ4v) is 1.37. The molecule has 0 heterocycles. The van der Waals surface area contributed by atoms with Crippen LogP contribution in [0.4, 0.5) is 4.39 Å². The van der Waals surface area contributed by atoms with Gasteiger partial charge in [0.05, 0.1) is 12.6 Å². The summed E-state index contributed by atoms with van der Waals surface area (Å²) in [6.45, 7) is 10.5. The topological polar surface area (TPSA) is 26.3 Å². The summed E-state index contributed by atoms with van der Waals surface area (Å²) in [6, 6.07) is 0. The van der Waals surface area contributed by atoms with Crippen LogP contribution in [0.1, 0.15) is 48.0 Å². The normalized spacial score (nSPS) is 14.9. The van der Waals surface area contributed by atoms with Gasteiger partial charge in [-0.05, 0) is 32.6 Å². The second-order valence-electron chi connectivity index (χ2n) is 5.94. The van der Waals surface area contributed by atoms with E-state index in [9.17, 15) is 9.18 Å². The van der Waals surface area contributed by atoms with Gasteiger partial charge in [-0.15, -0.1) is 0 Å². The Labute approximate surface area is 92.2 Å². The lowest BCUT2D eigenvalue weighted by molar-refractivity contribution is -0.160. The first-order valence-electron chi connectivity index (χ1n) is 5.36. The zero-order chi connectivity index (χ0) is 12.3. The number of ether oxygens (including phenoxy) is 1. The second kappa shape index (κ2) is 4.95. The molecule has 0 saturated heterocycles. The summed E-state index contributed by atoms with van der Waals surface area (Å²) in [4.78, 5) is 11.6. The van der Waals surface area contributed by atoms with Crippen LogP contribution in [0.5, 0.6) is 0 Å². The zero-order valence-electron chi connectivity index (χ0n) is 10.7. The Bertz CT molecular complexity index is 216. The van der Waals surface area contributed by atoms with Crippen LogP contribution >= 0.6 is 0 Å². The van der Waals surface area contributed by atoms with Crippen LogP contribution in [-0.4, -0.2) is 18.2 Å². The molecule has 0 fully saturated rings. The number of esters is 1. The van der Waals surface area contributed by atoms with E-state index in [0.29, 0.717) is 6.42 Å². The average Bonchev–Trinajstić information content (AvgIpc) is 2.00. The molecular weight excluding hydrogens is 195 g/mol. The highest BCUT2D eigenvalue weighted by Gasteiger charge is 2.28. The Morgan fingerprint density at radius 2 is 1.73 bits per heavy atom. The molecule has 0 bridgehead atoms. The average molecular weight is 218 g/mol. The van der Waals surface area contributed by atoms with Crippen molar-refractivity contribution in [3.8, 4) is 0 Å². The van der Waals surface area contributed by atoms with Crippen LogP contribution in [0.15, 0.2) is 0 Å². The summed E-state index contributed by atoms with van der Waals surface area (Å²) >= 11 is 0. The van der Waals surface area contributed by atoms with Crippen molar-refractivity contribution in [3.63, 3.8) is 0 Å². The molecule has 0 aromatic carbocycles. The molecular formula is C12H23FO2. The first-order chi connectivity index (χ1) is 6.57. The monoisotopic (exact) mass is 218 g/mol. The van der Waals surface area contributed by atoms with E-state index in [4.69, 9.17) is 4.74 Å². The van der Waals surface area contributed by atoms with Crippen molar-refractivity contribution in [2.24, 2.45) is 11.3 Å². The van der Waals surface area contributed by atoms with E-state index in [0.717, 1.165) is 0 Å². The van der Waals surface area contributed by atoms with Gasteiger partial charge in [0.1, 0.15) is 5.60 Å². The van der Waals surface area contributed by atoms with Gasteiger partial charge < -0.3 is 4.74 Å². The number of rotatable bonds is 4. The molecule has 0 aliphatic heterocycles. The Hall–Kier alpha value is -0.600. The maximum Gasteiger partial charge on any atom is 0.309 e. The van der Waals surface area contributed by atoms with Crippen molar-refractivity contribution in [2.75, 3.05) is 6.67 Å². The van der Waals surface area contributed by atoms with Crippen LogP contribution in [0.25, 0.3) is 0 Å². The Kier molecular flexibility index (Phi) is 4.75. The number of alkyl halides is 1. The Balaban J connectivity index is 4.23. The summed E-state index contributed by atoms with van der Waals surface area (Å²) in [5.74, 6) is -0.501. The molecule has 15 heavy (non-hydrogen) atoms. The van der Waals surface area contributed by atoms with Gasteiger partial charge >= 0.3 is 5.97 Å². The van der Waals surface area contributed by atoms with E-state index in [1.807, 2.05) is 34.6 Å². The smallest absolute Gasteiger partial charge is 0.309 e. The predicted octanol–water partition coefficient (Wildman–Crippen LogP) is 3.35. The highest BCUT2D eigenvalue weighted by molar-refractivity contribution is 5.72. The number of carbonyl (C=O) groups is 1. The first kappa shape index (κ1) is 14.4. The number of hydrogen-bond donors (Lipinski definition) is 0. The summed E-state index contributed by atoms with van der Waals surface area (Å²) in [5.41, 5.74) is -0.915. The molecule has 3 heteroatoms.